The smallest absolute Gasteiger partial charge is 0.238 e. The molecule has 1 aromatic carbocycles. The number of nitrogens with one attached hydrogen (secondary N) is 1. The first-order valence-electron chi connectivity index (χ1n) is 6.03. The molecule has 1 amide bonds. The van der Waals surface area contributed by atoms with Gasteiger partial charge < -0.3 is 5.32 Å². The van der Waals surface area contributed by atoms with E-state index >= 15 is 0 Å². The molecule has 0 bridgehead atoms. The summed E-state index contributed by atoms with van der Waals surface area (Å²) in [6.45, 7) is 7.00. The van der Waals surface area contributed by atoms with Gasteiger partial charge in [-0.3, -0.25) is 4.79 Å². The minimum atomic E-state index is -3.51. The van der Waals surface area contributed by atoms with Crippen molar-refractivity contribution in [3.63, 3.8) is 0 Å². The first-order chi connectivity index (χ1) is 8.88. The normalized spacial score (nSPS) is 12.7. The topological polar surface area (TPSA) is 63.2 Å². The Kier molecular flexibility index (Phi) is 5.30. The molecule has 0 unspecified atom stereocenters. The van der Waals surface area contributed by atoms with Crippen molar-refractivity contribution in [3.8, 4) is 0 Å². The summed E-state index contributed by atoms with van der Waals surface area (Å²) in [5.41, 5.74) is 1.63. The van der Waals surface area contributed by atoms with Crippen molar-refractivity contribution in [2.75, 3.05) is 6.54 Å². The molecule has 5 heteroatoms. The molecule has 104 valence electrons. The van der Waals surface area contributed by atoms with Crippen molar-refractivity contribution in [1.29, 1.82) is 0 Å². The van der Waals surface area contributed by atoms with Gasteiger partial charge in [0, 0.05) is 6.54 Å². The number of hydrogen-bond acceptors (Lipinski definition) is 3. The first kappa shape index (κ1) is 15.4. The molecule has 0 radical (unpaired) electrons. The highest BCUT2D eigenvalue weighted by molar-refractivity contribution is 7.92. The van der Waals surface area contributed by atoms with E-state index in [1.165, 1.54) is 13.0 Å². The molecule has 0 fully saturated rings. The summed E-state index contributed by atoms with van der Waals surface area (Å²) in [6, 6.07) is 7.26. The summed E-state index contributed by atoms with van der Waals surface area (Å²) in [6.07, 6.45) is 1.51. The Morgan fingerprint density at radius 1 is 1.42 bits per heavy atom. The number of sulfone groups is 1. The number of carbonyl (C=O) groups excluding carboxylic acids is 1. The van der Waals surface area contributed by atoms with Crippen LogP contribution in [-0.4, -0.2) is 26.1 Å². The Morgan fingerprint density at radius 2 is 2.05 bits per heavy atom. The third-order valence-electron chi connectivity index (χ3n) is 2.95. The van der Waals surface area contributed by atoms with Crippen molar-refractivity contribution in [2.45, 2.75) is 24.9 Å². The maximum Gasteiger partial charge on any atom is 0.238 e. The molecule has 0 aromatic heterocycles. The second-order valence-electron chi connectivity index (χ2n) is 4.41. The van der Waals surface area contributed by atoms with Crippen LogP contribution in [0.1, 0.15) is 18.1 Å². The zero-order chi connectivity index (χ0) is 14.5. The lowest BCUT2D eigenvalue weighted by Gasteiger charge is -2.13. The number of hydrogen-bond donors (Lipinski definition) is 1. The van der Waals surface area contributed by atoms with Gasteiger partial charge in [-0.25, -0.2) is 8.42 Å². The number of aryl methyl sites for hydroxylation is 1. The van der Waals surface area contributed by atoms with Gasteiger partial charge in [0.2, 0.25) is 5.91 Å². The molecule has 0 aliphatic carbocycles. The summed E-state index contributed by atoms with van der Waals surface area (Å²) in [5, 5.41) is 1.44. The van der Waals surface area contributed by atoms with E-state index in [9.17, 15) is 13.2 Å². The first-order valence-corrected chi connectivity index (χ1v) is 7.74. The van der Waals surface area contributed by atoms with Gasteiger partial charge >= 0.3 is 0 Å². The zero-order valence-corrected chi connectivity index (χ0v) is 12.0. The van der Waals surface area contributed by atoms with Gasteiger partial charge in [0.15, 0.2) is 9.84 Å². The summed E-state index contributed by atoms with van der Waals surface area (Å²) < 4.78 is 24.3. The Hall–Kier alpha value is -1.62. The molecular weight excluding hydrogens is 262 g/mol. The van der Waals surface area contributed by atoms with Gasteiger partial charge in [0.05, 0.1) is 5.75 Å². The van der Waals surface area contributed by atoms with Crippen LogP contribution >= 0.6 is 0 Å². The fraction of sp³-hybridized carbons (Fsp3) is 0.357. The highest BCUT2D eigenvalue weighted by atomic mass is 32.2. The van der Waals surface area contributed by atoms with Crippen molar-refractivity contribution in [1.82, 2.24) is 5.32 Å². The van der Waals surface area contributed by atoms with Gasteiger partial charge in [0.1, 0.15) is 5.25 Å². The summed E-state index contributed by atoms with van der Waals surface area (Å²) >= 11 is 0. The maximum absolute atomic E-state index is 12.2. The molecule has 1 atom stereocenters. The van der Waals surface area contributed by atoms with Crippen molar-refractivity contribution < 1.29 is 13.2 Å². The standard InChI is InChI=1S/C14H19NO3S/c1-4-9-15-14(16)12(3)19(17,18)10-13-8-6-5-7-11(13)2/h4-8,12H,1,9-10H2,2-3H3,(H,15,16)/t12-/m1/s1. The van der Waals surface area contributed by atoms with Crippen LogP contribution < -0.4 is 5.32 Å². The van der Waals surface area contributed by atoms with Gasteiger partial charge in [0.25, 0.3) is 0 Å². The van der Waals surface area contributed by atoms with Crippen molar-refractivity contribution in [2.24, 2.45) is 0 Å². The number of benzene rings is 1. The molecule has 0 aliphatic rings. The molecule has 0 aliphatic heterocycles. The van der Waals surface area contributed by atoms with E-state index in [0.29, 0.717) is 0 Å². The lowest BCUT2D eigenvalue weighted by atomic mass is 10.1. The van der Waals surface area contributed by atoms with Crippen LogP contribution in [-0.2, 0) is 20.4 Å². The molecule has 0 saturated carbocycles. The predicted octanol–water partition coefficient (Wildman–Crippen LogP) is 1.60. The molecule has 0 saturated heterocycles. The van der Waals surface area contributed by atoms with E-state index < -0.39 is 21.0 Å². The zero-order valence-electron chi connectivity index (χ0n) is 11.2. The molecule has 1 N–H and O–H groups in total. The van der Waals surface area contributed by atoms with Crippen molar-refractivity contribution in [3.05, 3.63) is 48.0 Å². The maximum atomic E-state index is 12.2. The van der Waals surface area contributed by atoms with Gasteiger partial charge in [-0.2, -0.15) is 0 Å². The van der Waals surface area contributed by atoms with Crippen LogP contribution in [0.25, 0.3) is 0 Å². The lowest BCUT2D eigenvalue weighted by molar-refractivity contribution is -0.120. The average Bonchev–Trinajstić information content (AvgIpc) is 2.37. The van der Waals surface area contributed by atoms with Crippen LogP contribution in [0.3, 0.4) is 0 Å². The van der Waals surface area contributed by atoms with Crippen molar-refractivity contribution >= 4 is 15.7 Å². The van der Waals surface area contributed by atoms with E-state index in [1.807, 2.05) is 19.1 Å². The third kappa shape index (κ3) is 4.21. The minimum Gasteiger partial charge on any atom is -0.352 e. The van der Waals surface area contributed by atoms with Gasteiger partial charge in [-0.15, -0.1) is 6.58 Å². The van der Waals surface area contributed by atoms with E-state index in [0.717, 1.165) is 11.1 Å². The molecule has 0 spiro atoms. The number of carbonyl (C=O) groups is 1. The van der Waals surface area contributed by atoms with Crippen LogP contribution in [0.2, 0.25) is 0 Å². The Bertz CT molecular complexity index is 564. The van der Waals surface area contributed by atoms with E-state index in [2.05, 4.69) is 11.9 Å². The Morgan fingerprint density at radius 3 is 2.63 bits per heavy atom. The van der Waals surface area contributed by atoms with Crippen LogP contribution in [0.15, 0.2) is 36.9 Å². The fourth-order valence-electron chi connectivity index (χ4n) is 1.59. The van der Waals surface area contributed by atoms with Gasteiger partial charge in [-0.1, -0.05) is 30.3 Å². The third-order valence-corrected chi connectivity index (χ3v) is 4.95. The van der Waals surface area contributed by atoms with Crippen LogP contribution in [0, 0.1) is 6.92 Å². The number of amides is 1. The number of rotatable bonds is 6. The summed E-state index contributed by atoms with van der Waals surface area (Å²) in [5.74, 6) is -0.615. The molecule has 4 nitrogen and oxygen atoms in total. The largest absolute Gasteiger partial charge is 0.352 e. The minimum absolute atomic E-state index is 0.123. The summed E-state index contributed by atoms with van der Waals surface area (Å²) in [7, 11) is -3.51. The van der Waals surface area contributed by atoms with E-state index in [-0.39, 0.29) is 12.3 Å². The molecule has 19 heavy (non-hydrogen) atoms. The molecule has 0 heterocycles. The molecular formula is C14H19NO3S. The lowest BCUT2D eigenvalue weighted by Crippen LogP contribution is -2.38. The molecule has 1 rings (SSSR count). The monoisotopic (exact) mass is 281 g/mol. The highest BCUT2D eigenvalue weighted by Crippen LogP contribution is 2.15. The average molecular weight is 281 g/mol. The van der Waals surface area contributed by atoms with Crippen LogP contribution in [0.4, 0.5) is 0 Å². The second kappa shape index (κ2) is 6.52. The molecule has 1 aromatic rings. The quantitative estimate of drug-likeness (QED) is 0.806. The van der Waals surface area contributed by atoms with Gasteiger partial charge in [-0.05, 0) is 25.0 Å². The Labute approximate surface area is 114 Å². The predicted molar refractivity (Wildman–Crippen MR) is 76.5 cm³/mol. The Balaban J connectivity index is 2.84. The van der Waals surface area contributed by atoms with E-state index in [1.54, 1.807) is 12.1 Å². The van der Waals surface area contributed by atoms with E-state index in [4.69, 9.17) is 0 Å². The summed E-state index contributed by atoms with van der Waals surface area (Å²) in [4.78, 5) is 11.7. The highest BCUT2D eigenvalue weighted by Gasteiger charge is 2.28. The second-order valence-corrected chi connectivity index (χ2v) is 6.73. The van der Waals surface area contributed by atoms with Crippen LogP contribution in [0.5, 0.6) is 0 Å². The fourth-order valence-corrected chi connectivity index (χ4v) is 3.01. The SMILES string of the molecule is C=CCNC(=O)[C@@H](C)S(=O)(=O)Cc1ccccc1C.